The van der Waals surface area contributed by atoms with Gasteiger partial charge in [-0.3, -0.25) is 4.98 Å². The fourth-order valence-corrected chi connectivity index (χ4v) is 14.5. The van der Waals surface area contributed by atoms with Crippen LogP contribution >= 0.6 is 0 Å². The lowest BCUT2D eigenvalue weighted by molar-refractivity contribution is -0.708. The number of aromatic nitrogens is 9. The van der Waals surface area contributed by atoms with Crippen LogP contribution in [0.25, 0.3) is 166 Å². The number of rotatable bonds is 8. The molecule has 414 valence electrons. The highest BCUT2D eigenvalue weighted by molar-refractivity contribution is 6.25. The van der Waals surface area contributed by atoms with Gasteiger partial charge in [-0.25, -0.2) is 19.1 Å². The monoisotopic (exact) mass is 1140 g/mol. The molecule has 0 aliphatic heterocycles. The molecule has 0 amide bonds. The molecule has 11 aromatic carbocycles. The zero-order valence-electron chi connectivity index (χ0n) is 47.9. The van der Waals surface area contributed by atoms with Crippen LogP contribution in [-0.2, 0) is 0 Å². The standard InChI is InChI=1S/C80H50N9/c1-4-25-51(26-5-1)63-50-64(52-27-6-2-7-28-52)83-79(82-63)62-49-74(85-65-38-17-10-31-54(65)55-32-11-18-39-66(55)85)89(88-71-44-23-16-37-60(71)61-46-47-72-75(77(61)88)76-73(45-24-48-81-76)84(72)53-29-8-3-9-30-53)80(87-69-42-21-14-35-58(69)59-36-15-22-43-70(59)87)78(62)86-67-40-19-12-33-56(67)57-34-13-20-41-68(57)86/h1-50H/q+1. The lowest BCUT2D eigenvalue weighted by Crippen LogP contribution is -2.50. The zero-order valence-corrected chi connectivity index (χ0v) is 47.9. The number of pyridine rings is 2. The molecule has 19 rings (SSSR count). The van der Waals surface area contributed by atoms with Crippen LogP contribution in [0, 0.1) is 0 Å². The fourth-order valence-electron chi connectivity index (χ4n) is 14.5. The molecule has 0 radical (unpaired) electrons. The molecule has 89 heavy (non-hydrogen) atoms. The van der Waals surface area contributed by atoms with E-state index in [1.54, 1.807) is 0 Å². The highest BCUT2D eigenvalue weighted by Gasteiger charge is 2.37. The van der Waals surface area contributed by atoms with Crippen molar-refractivity contribution in [3.63, 3.8) is 0 Å². The lowest BCUT2D eigenvalue weighted by Gasteiger charge is -2.24. The number of nitrogens with zero attached hydrogens (tertiary/aromatic N) is 9. The molecule has 19 aromatic rings. The van der Waals surface area contributed by atoms with Crippen LogP contribution in [0.4, 0.5) is 0 Å². The number of fused-ring (bicyclic) bond motifs is 16. The fraction of sp³-hybridized carbons (Fsp3) is 0. The van der Waals surface area contributed by atoms with Crippen molar-refractivity contribution in [2.75, 3.05) is 0 Å². The van der Waals surface area contributed by atoms with Gasteiger partial charge < -0.3 is 9.13 Å². The largest absolute Gasteiger partial charge is 0.308 e. The zero-order chi connectivity index (χ0) is 58.3. The Morgan fingerprint density at radius 2 is 0.719 bits per heavy atom. The van der Waals surface area contributed by atoms with Gasteiger partial charge in [-0.2, -0.15) is 4.68 Å². The van der Waals surface area contributed by atoms with Crippen molar-refractivity contribution in [2.24, 2.45) is 0 Å². The Morgan fingerprint density at radius 3 is 1.22 bits per heavy atom. The van der Waals surface area contributed by atoms with E-state index in [1.165, 1.54) is 0 Å². The van der Waals surface area contributed by atoms with Crippen molar-refractivity contribution in [3.05, 3.63) is 303 Å². The average molecular weight is 1140 g/mol. The molecular weight excluding hydrogens is 1090 g/mol. The molecule has 0 unspecified atom stereocenters. The van der Waals surface area contributed by atoms with E-state index in [0.29, 0.717) is 5.82 Å². The summed E-state index contributed by atoms with van der Waals surface area (Å²) in [6.07, 6.45) is 1.94. The lowest BCUT2D eigenvalue weighted by atomic mass is 10.1. The first-order chi connectivity index (χ1) is 44.2. The van der Waals surface area contributed by atoms with Crippen molar-refractivity contribution < 1.29 is 4.68 Å². The van der Waals surface area contributed by atoms with Crippen LogP contribution in [0.2, 0.25) is 0 Å². The van der Waals surface area contributed by atoms with Gasteiger partial charge in [0.25, 0.3) is 11.6 Å². The molecule has 0 atom stereocenters. The predicted molar refractivity (Wildman–Crippen MR) is 364 cm³/mol. The third-order valence-corrected chi connectivity index (χ3v) is 18.2. The van der Waals surface area contributed by atoms with Gasteiger partial charge in [0.05, 0.1) is 61.0 Å². The highest BCUT2D eigenvalue weighted by atomic mass is 15.5. The van der Waals surface area contributed by atoms with Crippen LogP contribution in [0.1, 0.15) is 0 Å². The molecule has 9 heteroatoms. The van der Waals surface area contributed by atoms with E-state index in [9.17, 15) is 0 Å². The summed E-state index contributed by atoms with van der Waals surface area (Å²) < 4.78 is 14.9. The van der Waals surface area contributed by atoms with Gasteiger partial charge in [-0.05, 0) is 84.9 Å². The van der Waals surface area contributed by atoms with Crippen LogP contribution in [0.5, 0.6) is 0 Å². The highest BCUT2D eigenvalue weighted by Crippen LogP contribution is 2.46. The minimum absolute atomic E-state index is 0.568. The van der Waals surface area contributed by atoms with Crippen molar-refractivity contribution in [1.82, 2.24) is 37.9 Å². The summed E-state index contributed by atoms with van der Waals surface area (Å²) in [4.78, 5) is 17.1. The van der Waals surface area contributed by atoms with Crippen LogP contribution in [0.3, 0.4) is 0 Å². The maximum Gasteiger partial charge on any atom is 0.282 e. The van der Waals surface area contributed by atoms with E-state index in [1.807, 2.05) is 6.20 Å². The van der Waals surface area contributed by atoms with E-state index in [0.717, 1.165) is 160 Å². The van der Waals surface area contributed by atoms with E-state index in [2.05, 4.69) is 325 Å². The van der Waals surface area contributed by atoms with Gasteiger partial charge in [0.1, 0.15) is 27.8 Å². The summed E-state index contributed by atoms with van der Waals surface area (Å²) in [5, 5.41) is 9.99. The Bertz CT molecular complexity index is 5890. The average Bonchev–Trinajstić information content (AvgIpc) is 1.58. The minimum Gasteiger partial charge on any atom is -0.308 e. The van der Waals surface area contributed by atoms with Crippen molar-refractivity contribution in [1.29, 1.82) is 0 Å². The van der Waals surface area contributed by atoms with Crippen LogP contribution in [-0.4, -0.2) is 37.9 Å². The van der Waals surface area contributed by atoms with E-state index >= 15 is 0 Å². The molecule has 0 spiro atoms. The molecule has 0 fully saturated rings. The Kier molecular flexibility index (Phi) is 10.6. The predicted octanol–water partition coefficient (Wildman–Crippen LogP) is 19.0. The second kappa shape index (κ2) is 19.2. The Morgan fingerprint density at radius 1 is 0.303 bits per heavy atom. The van der Waals surface area contributed by atoms with Crippen molar-refractivity contribution >= 4 is 109 Å². The second-order valence-electron chi connectivity index (χ2n) is 22.9. The number of para-hydroxylation sites is 8. The first kappa shape index (κ1) is 49.1. The summed E-state index contributed by atoms with van der Waals surface area (Å²) in [7, 11) is 0. The van der Waals surface area contributed by atoms with Crippen molar-refractivity contribution in [2.45, 2.75) is 0 Å². The molecule has 0 aliphatic carbocycles. The molecule has 8 heterocycles. The second-order valence-corrected chi connectivity index (χ2v) is 22.9. The topological polar surface area (TPSA) is 67.2 Å². The summed E-state index contributed by atoms with van der Waals surface area (Å²) in [5.74, 6) is 2.28. The SMILES string of the molecule is c1ccc(-c2cc(-c3ccccc3)nc(-c3cc(-n4c5ccccc5c5ccccc54)[n+](-n4c5ccccc5c5ccc6c(c7ncccc7n6-c6ccccc6)c54)c(-n4c5ccccc5c5ccccc54)c3-n3c4ccccc4c4ccccc43)n2)cc1. The molecular formula is C80H50N9+. The Balaban J connectivity index is 1.14. The third kappa shape index (κ3) is 7.12. The molecule has 9 nitrogen and oxygen atoms in total. The van der Waals surface area contributed by atoms with Gasteiger partial charge in [-0.15, -0.1) is 4.68 Å². The van der Waals surface area contributed by atoms with Gasteiger partial charge in [0, 0.05) is 72.2 Å². The van der Waals surface area contributed by atoms with Gasteiger partial charge >= 0.3 is 0 Å². The molecule has 0 bridgehead atoms. The van der Waals surface area contributed by atoms with Gasteiger partial charge in [0.2, 0.25) is 0 Å². The molecule has 0 saturated carbocycles. The summed E-state index contributed by atoms with van der Waals surface area (Å²) >= 11 is 0. The molecule has 8 aromatic heterocycles. The van der Waals surface area contributed by atoms with Gasteiger partial charge in [0.15, 0.2) is 5.82 Å². The summed E-state index contributed by atoms with van der Waals surface area (Å²) in [5.41, 5.74) is 17.5. The summed E-state index contributed by atoms with van der Waals surface area (Å²) in [6, 6.07) is 107. The molecule has 0 saturated heterocycles. The number of benzene rings is 11. The Hall–Kier alpha value is -12.2. The smallest absolute Gasteiger partial charge is 0.282 e. The quantitative estimate of drug-likeness (QED) is 0.142. The number of hydrogen-bond donors (Lipinski definition) is 0. The first-order valence-corrected chi connectivity index (χ1v) is 30.2. The maximum absolute atomic E-state index is 5.85. The molecule has 0 aliphatic rings. The Labute approximate surface area is 509 Å². The minimum atomic E-state index is 0.568. The van der Waals surface area contributed by atoms with E-state index in [4.69, 9.17) is 15.0 Å². The van der Waals surface area contributed by atoms with Crippen molar-refractivity contribution in [3.8, 4) is 56.9 Å². The van der Waals surface area contributed by atoms with E-state index in [-0.39, 0.29) is 0 Å². The normalized spacial score (nSPS) is 12.0. The first-order valence-electron chi connectivity index (χ1n) is 30.2. The van der Waals surface area contributed by atoms with E-state index < -0.39 is 0 Å². The molecule has 0 N–H and O–H groups in total. The third-order valence-electron chi connectivity index (χ3n) is 18.2. The van der Waals surface area contributed by atoms with Gasteiger partial charge in [-0.1, -0.05) is 206 Å². The summed E-state index contributed by atoms with van der Waals surface area (Å²) in [6.45, 7) is 0. The maximum atomic E-state index is 5.85. The number of hydrogen-bond acceptors (Lipinski definition) is 3. The van der Waals surface area contributed by atoms with Crippen LogP contribution < -0.4 is 4.68 Å². The van der Waals surface area contributed by atoms with Crippen LogP contribution in [0.15, 0.2) is 303 Å².